The van der Waals surface area contributed by atoms with E-state index in [4.69, 9.17) is 10.9 Å². The highest BCUT2D eigenvalue weighted by Crippen LogP contribution is 2.51. The van der Waals surface area contributed by atoms with Crippen LogP contribution in [-0.2, 0) is 16.0 Å². The summed E-state index contributed by atoms with van der Waals surface area (Å²) >= 11 is 0. The minimum Gasteiger partial charge on any atom is -0.333 e. The molecule has 2 rings (SSSR count). The Bertz CT molecular complexity index is 611. The standard InChI is InChI=1S/C20H31N3O3/c1-15-6-8-16(9-7-15)10-11-20(12-13-20)19(25)23(2)17(18(24)22-26)5-3-4-14-21/h6-9,17,26H,3-5,10-14,21H2,1-2H3,(H,22,24). The van der Waals surface area contributed by atoms with Crippen molar-refractivity contribution in [2.45, 2.75) is 57.9 Å². The van der Waals surface area contributed by atoms with Gasteiger partial charge in [-0.15, -0.1) is 0 Å². The lowest BCUT2D eigenvalue weighted by atomic mass is 9.94. The summed E-state index contributed by atoms with van der Waals surface area (Å²) < 4.78 is 0. The lowest BCUT2D eigenvalue weighted by Gasteiger charge is -2.30. The van der Waals surface area contributed by atoms with Gasteiger partial charge in [-0.3, -0.25) is 14.8 Å². The van der Waals surface area contributed by atoms with E-state index in [1.165, 1.54) is 16.0 Å². The molecule has 1 aliphatic rings. The SMILES string of the molecule is Cc1ccc(CCC2(C(=O)N(C)C(CCCCN)C(=O)NO)CC2)cc1. The topological polar surface area (TPSA) is 95.7 Å². The van der Waals surface area contributed by atoms with Crippen molar-refractivity contribution in [3.63, 3.8) is 0 Å². The smallest absolute Gasteiger partial charge is 0.266 e. The Hall–Kier alpha value is -1.92. The van der Waals surface area contributed by atoms with Crippen LogP contribution < -0.4 is 11.2 Å². The van der Waals surface area contributed by atoms with Crippen LogP contribution in [0.2, 0.25) is 0 Å². The summed E-state index contributed by atoms with van der Waals surface area (Å²) in [5.41, 5.74) is 9.30. The van der Waals surface area contributed by atoms with E-state index in [9.17, 15) is 9.59 Å². The highest BCUT2D eigenvalue weighted by Gasteiger charge is 2.51. The molecule has 0 aliphatic heterocycles. The third kappa shape index (κ3) is 5.05. The molecule has 0 radical (unpaired) electrons. The number of hydrogen-bond acceptors (Lipinski definition) is 4. The first kappa shape index (κ1) is 20.4. The number of unbranched alkanes of at least 4 members (excludes halogenated alkanes) is 1. The molecule has 4 N–H and O–H groups in total. The fourth-order valence-corrected chi connectivity index (χ4v) is 3.43. The third-order valence-corrected chi connectivity index (χ3v) is 5.45. The van der Waals surface area contributed by atoms with Crippen molar-refractivity contribution in [3.05, 3.63) is 35.4 Å². The fraction of sp³-hybridized carbons (Fsp3) is 0.600. The van der Waals surface area contributed by atoms with Crippen molar-refractivity contribution in [3.8, 4) is 0 Å². The second kappa shape index (κ2) is 9.14. The van der Waals surface area contributed by atoms with E-state index in [0.29, 0.717) is 13.0 Å². The zero-order chi connectivity index (χ0) is 19.2. The lowest BCUT2D eigenvalue weighted by Crippen LogP contribution is -2.49. The number of aryl methyl sites for hydroxylation is 2. The first-order valence-electron chi connectivity index (χ1n) is 9.40. The van der Waals surface area contributed by atoms with Crippen molar-refractivity contribution in [2.75, 3.05) is 13.6 Å². The number of amides is 2. The van der Waals surface area contributed by atoms with Crippen LogP contribution in [0.15, 0.2) is 24.3 Å². The van der Waals surface area contributed by atoms with Gasteiger partial charge in [0.05, 0.1) is 0 Å². The number of rotatable bonds is 10. The number of benzene rings is 1. The summed E-state index contributed by atoms with van der Waals surface area (Å²) in [4.78, 5) is 26.6. The first-order valence-corrected chi connectivity index (χ1v) is 9.40. The third-order valence-electron chi connectivity index (χ3n) is 5.45. The number of hydrogen-bond donors (Lipinski definition) is 3. The Labute approximate surface area is 155 Å². The predicted octanol–water partition coefficient (Wildman–Crippen LogP) is 2.17. The van der Waals surface area contributed by atoms with Crippen LogP contribution in [0.1, 0.15) is 49.7 Å². The monoisotopic (exact) mass is 361 g/mol. The van der Waals surface area contributed by atoms with E-state index in [1.807, 2.05) is 0 Å². The van der Waals surface area contributed by atoms with E-state index < -0.39 is 11.9 Å². The quantitative estimate of drug-likeness (QED) is 0.338. The van der Waals surface area contributed by atoms with Gasteiger partial charge in [0.15, 0.2) is 0 Å². The Morgan fingerprint density at radius 1 is 1.27 bits per heavy atom. The van der Waals surface area contributed by atoms with Gasteiger partial charge in [-0.2, -0.15) is 0 Å². The van der Waals surface area contributed by atoms with Crippen LogP contribution in [0.5, 0.6) is 0 Å². The number of carbonyl (C=O) groups is 2. The molecule has 1 saturated carbocycles. The molecular formula is C20H31N3O3. The number of nitrogens with one attached hydrogen (secondary N) is 1. The van der Waals surface area contributed by atoms with Gasteiger partial charge in [0, 0.05) is 12.5 Å². The second-order valence-corrected chi connectivity index (χ2v) is 7.46. The first-order chi connectivity index (χ1) is 12.4. The average molecular weight is 361 g/mol. The minimum absolute atomic E-state index is 0.00552. The van der Waals surface area contributed by atoms with E-state index in [0.717, 1.165) is 38.5 Å². The lowest BCUT2D eigenvalue weighted by molar-refractivity contribution is -0.146. The molecule has 1 atom stereocenters. The predicted molar refractivity (Wildman–Crippen MR) is 101 cm³/mol. The zero-order valence-corrected chi connectivity index (χ0v) is 15.8. The van der Waals surface area contributed by atoms with Crippen LogP contribution in [0.4, 0.5) is 0 Å². The van der Waals surface area contributed by atoms with Gasteiger partial charge in [0.25, 0.3) is 5.91 Å². The molecule has 1 fully saturated rings. The van der Waals surface area contributed by atoms with Crippen molar-refractivity contribution < 1.29 is 14.8 Å². The van der Waals surface area contributed by atoms with E-state index in [1.54, 1.807) is 12.5 Å². The van der Waals surface area contributed by atoms with Gasteiger partial charge in [0.2, 0.25) is 5.91 Å². The van der Waals surface area contributed by atoms with Crippen LogP contribution >= 0.6 is 0 Å². The summed E-state index contributed by atoms with van der Waals surface area (Å²) in [7, 11) is 1.66. The maximum atomic E-state index is 13.0. The largest absolute Gasteiger partial charge is 0.333 e. The van der Waals surface area contributed by atoms with Crippen LogP contribution in [0.25, 0.3) is 0 Å². The molecule has 0 bridgehead atoms. The van der Waals surface area contributed by atoms with Crippen LogP contribution in [0.3, 0.4) is 0 Å². The summed E-state index contributed by atoms with van der Waals surface area (Å²) in [6.07, 6.45) is 5.38. The molecule has 26 heavy (non-hydrogen) atoms. The van der Waals surface area contributed by atoms with Crippen molar-refractivity contribution in [1.82, 2.24) is 10.4 Å². The maximum Gasteiger partial charge on any atom is 0.266 e. The van der Waals surface area contributed by atoms with E-state index in [2.05, 4.69) is 31.2 Å². The molecule has 0 heterocycles. The van der Waals surface area contributed by atoms with E-state index in [-0.39, 0.29) is 11.3 Å². The molecule has 2 amide bonds. The molecular weight excluding hydrogens is 330 g/mol. The molecule has 6 nitrogen and oxygen atoms in total. The molecule has 0 aromatic heterocycles. The Morgan fingerprint density at radius 3 is 2.46 bits per heavy atom. The van der Waals surface area contributed by atoms with Gasteiger partial charge in [0.1, 0.15) is 6.04 Å². The van der Waals surface area contributed by atoms with Gasteiger partial charge in [-0.25, -0.2) is 5.48 Å². The Morgan fingerprint density at radius 2 is 1.92 bits per heavy atom. The zero-order valence-electron chi connectivity index (χ0n) is 15.8. The van der Waals surface area contributed by atoms with Crippen LogP contribution in [-0.4, -0.2) is 41.6 Å². The summed E-state index contributed by atoms with van der Waals surface area (Å²) in [5.74, 6) is -0.529. The molecule has 6 heteroatoms. The number of carbonyl (C=O) groups excluding carboxylic acids is 2. The maximum absolute atomic E-state index is 13.0. The van der Waals surface area contributed by atoms with Gasteiger partial charge < -0.3 is 10.6 Å². The van der Waals surface area contributed by atoms with E-state index >= 15 is 0 Å². The molecule has 1 aromatic carbocycles. The van der Waals surface area contributed by atoms with Gasteiger partial charge in [-0.05, 0) is 64.0 Å². The fourth-order valence-electron chi connectivity index (χ4n) is 3.43. The Kier molecular flexibility index (Phi) is 7.17. The summed E-state index contributed by atoms with van der Waals surface area (Å²) in [6.45, 7) is 2.60. The summed E-state index contributed by atoms with van der Waals surface area (Å²) in [6, 6.07) is 7.73. The molecule has 1 unspecified atom stereocenters. The molecule has 0 saturated heterocycles. The number of hydroxylamine groups is 1. The van der Waals surface area contributed by atoms with Gasteiger partial charge in [-0.1, -0.05) is 29.8 Å². The second-order valence-electron chi connectivity index (χ2n) is 7.46. The molecule has 0 spiro atoms. The minimum atomic E-state index is -0.657. The highest BCUT2D eigenvalue weighted by atomic mass is 16.5. The van der Waals surface area contributed by atoms with Crippen molar-refractivity contribution >= 4 is 11.8 Å². The normalized spacial score (nSPS) is 16.0. The number of nitrogens with zero attached hydrogens (tertiary/aromatic N) is 1. The van der Waals surface area contributed by atoms with Crippen LogP contribution in [0, 0.1) is 12.3 Å². The molecule has 144 valence electrons. The van der Waals surface area contributed by atoms with Gasteiger partial charge >= 0.3 is 0 Å². The number of likely N-dealkylation sites (N-methyl/N-ethyl adjacent to an activating group) is 1. The molecule has 1 aliphatic carbocycles. The highest BCUT2D eigenvalue weighted by molar-refractivity contribution is 5.91. The van der Waals surface area contributed by atoms with Crippen molar-refractivity contribution in [1.29, 1.82) is 0 Å². The number of nitrogens with two attached hydrogens (primary N) is 1. The molecule has 1 aromatic rings. The van der Waals surface area contributed by atoms with Crippen molar-refractivity contribution in [2.24, 2.45) is 11.1 Å². The Balaban J connectivity index is 1.99. The average Bonchev–Trinajstić information content (AvgIpc) is 3.44. The summed E-state index contributed by atoms with van der Waals surface area (Å²) in [5, 5.41) is 9.02.